The summed E-state index contributed by atoms with van der Waals surface area (Å²) in [5.41, 5.74) is 0.158. The van der Waals surface area contributed by atoms with Gasteiger partial charge in [-0.15, -0.1) is 0 Å². The molecule has 0 bridgehead atoms. The van der Waals surface area contributed by atoms with Crippen molar-refractivity contribution in [2.75, 3.05) is 0 Å². The predicted molar refractivity (Wildman–Crippen MR) is 84.1 cm³/mol. The fourth-order valence-corrected chi connectivity index (χ4v) is 1.90. The molecule has 5 nitrogen and oxygen atoms in total. The molecular formula is C16H19ClO5. The van der Waals surface area contributed by atoms with Gasteiger partial charge in [0.2, 0.25) is 0 Å². The quantitative estimate of drug-likeness (QED) is 0.610. The van der Waals surface area contributed by atoms with Crippen LogP contribution in [-0.2, 0) is 4.79 Å². The number of hydrogen-bond acceptors (Lipinski definition) is 4. The average molecular weight is 327 g/mol. The van der Waals surface area contributed by atoms with E-state index in [0.29, 0.717) is 11.5 Å². The third-order valence-electron chi connectivity index (χ3n) is 2.40. The number of halogens is 1. The molecule has 0 aliphatic carbocycles. The van der Waals surface area contributed by atoms with Crippen LogP contribution in [0.1, 0.15) is 38.1 Å². The lowest BCUT2D eigenvalue weighted by Gasteiger charge is -2.18. The van der Waals surface area contributed by atoms with Crippen molar-refractivity contribution >= 4 is 23.4 Å². The highest BCUT2D eigenvalue weighted by atomic mass is 35.5. The summed E-state index contributed by atoms with van der Waals surface area (Å²) < 4.78 is 11.3. The Morgan fingerprint density at radius 2 is 1.55 bits per heavy atom. The normalized spacial score (nSPS) is 11.2. The molecule has 1 aromatic carbocycles. The van der Waals surface area contributed by atoms with Crippen molar-refractivity contribution in [3.8, 4) is 11.5 Å². The molecule has 0 saturated carbocycles. The molecule has 1 N–H and O–H groups in total. The monoisotopic (exact) mass is 326 g/mol. The van der Waals surface area contributed by atoms with Crippen molar-refractivity contribution < 1.29 is 24.2 Å². The fraction of sp³-hybridized carbons (Fsp3) is 0.375. The molecule has 6 heteroatoms. The smallest absolute Gasteiger partial charge is 0.328 e. The summed E-state index contributed by atoms with van der Waals surface area (Å²) in [4.78, 5) is 22.5. The van der Waals surface area contributed by atoms with Gasteiger partial charge in [0.1, 0.15) is 0 Å². The fourth-order valence-electron chi connectivity index (χ4n) is 1.65. The summed E-state index contributed by atoms with van der Waals surface area (Å²) in [6, 6.07) is 2.97. The number of rotatable bonds is 7. The molecule has 0 aromatic heterocycles. The molecule has 0 aliphatic rings. The highest BCUT2D eigenvalue weighted by molar-refractivity contribution is 6.35. The molecule has 0 fully saturated rings. The summed E-state index contributed by atoms with van der Waals surface area (Å²) >= 11 is 6.09. The number of carbonyl (C=O) groups excluding carboxylic acids is 1. The topological polar surface area (TPSA) is 72.8 Å². The highest BCUT2D eigenvalue weighted by Crippen LogP contribution is 2.35. The Labute approximate surface area is 134 Å². The lowest BCUT2D eigenvalue weighted by atomic mass is 10.1. The van der Waals surface area contributed by atoms with Crippen LogP contribution >= 0.6 is 11.6 Å². The molecule has 120 valence electrons. The second-order valence-corrected chi connectivity index (χ2v) is 5.56. The third-order valence-corrected chi connectivity index (χ3v) is 2.71. The number of aliphatic carboxylic acids is 1. The van der Waals surface area contributed by atoms with E-state index in [4.69, 9.17) is 26.2 Å². The molecule has 1 rings (SSSR count). The Morgan fingerprint density at radius 3 is 2.00 bits per heavy atom. The maximum atomic E-state index is 12.0. The molecule has 1 aromatic rings. The van der Waals surface area contributed by atoms with E-state index in [2.05, 4.69) is 0 Å². The van der Waals surface area contributed by atoms with Crippen LogP contribution in [0.4, 0.5) is 0 Å². The standard InChI is InChI=1S/C16H19ClO5/c1-9(2)21-14-7-11(13(18)5-6-16(19)20)12(17)8-15(14)22-10(3)4/h5-10H,1-4H3,(H,19,20)/b6-5+. The minimum Gasteiger partial charge on any atom is -0.487 e. The molecule has 0 amide bonds. The van der Waals surface area contributed by atoms with Gasteiger partial charge in [0.25, 0.3) is 0 Å². The number of allylic oxidation sites excluding steroid dienone is 1. The van der Waals surface area contributed by atoms with Gasteiger partial charge in [-0.1, -0.05) is 11.6 Å². The molecule has 0 unspecified atom stereocenters. The van der Waals surface area contributed by atoms with Crippen molar-refractivity contribution in [1.82, 2.24) is 0 Å². The number of ketones is 1. The van der Waals surface area contributed by atoms with Crippen LogP contribution in [0.5, 0.6) is 11.5 Å². The van der Waals surface area contributed by atoms with E-state index in [-0.39, 0.29) is 22.8 Å². The van der Waals surface area contributed by atoms with Gasteiger partial charge < -0.3 is 14.6 Å². The second kappa shape index (κ2) is 7.84. The Balaban J connectivity index is 3.24. The van der Waals surface area contributed by atoms with Gasteiger partial charge in [-0.05, 0) is 39.8 Å². The van der Waals surface area contributed by atoms with E-state index >= 15 is 0 Å². The molecule has 0 atom stereocenters. The Hall–Kier alpha value is -2.01. The Morgan fingerprint density at radius 1 is 1.05 bits per heavy atom. The minimum atomic E-state index is -1.21. The van der Waals surface area contributed by atoms with Crippen LogP contribution in [0.25, 0.3) is 0 Å². The zero-order chi connectivity index (χ0) is 16.9. The van der Waals surface area contributed by atoms with Gasteiger partial charge in [0, 0.05) is 17.7 Å². The zero-order valence-corrected chi connectivity index (χ0v) is 13.7. The Bertz CT molecular complexity index is 590. The highest BCUT2D eigenvalue weighted by Gasteiger charge is 2.17. The first-order valence-corrected chi connectivity index (χ1v) is 7.20. The number of carboxylic acids is 1. The SMILES string of the molecule is CC(C)Oc1cc(Cl)c(C(=O)/C=C/C(=O)O)cc1OC(C)C. The van der Waals surface area contributed by atoms with Crippen molar-refractivity contribution in [3.05, 3.63) is 34.9 Å². The molecule has 22 heavy (non-hydrogen) atoms. The molecule has 0 radical (unpaired) electrons. The van der Waals surface area contributed by atoms with Crippen LogP contribution in [0.2, 0.25) is 5.02 Å². The predicted octanol–water partition coefficient (Wildman–Crippen LogP) is 3.74. The van der Waals surface area contributed by atoms with E-state index in [1.165, 1.54) is 12.1 Å². The maximum absolute atomic E-state index is 12.0. The molecule has 0 saturated heterocycles. The first kappa shape index (κ1) is 18.0. The summed E-state index contributed by atoms with van der Waals surface area (Å²) in [5, 5.41) is 8.75. The van der Waals surface area contributed by atoms with E-state index in [1.807, 2.05) is 27.7 Å². The van der Waals surface area contributed by atoms with Gasteiger partial charge >= 0.3 is 5.97 Å². The van der Waals surface area contributed by atoms with Gasteiger partial charge in [-0.25, -0.2) is 4.79 Å². The number of carboxylic acid groups (broad SMARTS) is 1. The maximum Gasteiger partial charge on any atom is 0.328 e. The molecular weight excluding hydrogens is 308 g/mol. The van der Waals surface area contributed by atoms with Crippen molar-refractivity contribution in [1.29, 1.82) is 0 Å². The zero-order valence-electron chi connectivity index (χ0n) is 12.9. The van der Waals surface area contributed by atoms with Crippen LogP contribution < -0.4 is 9.47 Å². The summed E-state index contributed by atoms with van der Waals surface area (Å²) in [6.45, 7) is 7.42. The lowest BCUT2D eigenvalue weighted by Crippen LogP contribution is -2.12. The number of hydrogen-bond donors (Lipinski definition) is 1. The van der Waals surface area contributed by atoms with Gasteiger partial charge in [0.15, 0.2) is 17.3 Å². The summed E-state index contributed by atoms with van der Waals surface area (Å²) in [5.74, 6) is -0.896. The van der Waals surface area contributed by atoms with Crippen LogP contribution in [-0.4, -0.2) is 29.1 Å². The summed E-state index contributed by atoms with van der Waals surface area (Å²) in [6.07, 6.45) is 1.51. The first-order chi connectivity index (χ1) is 10.2. The molecule has 0 spiro atoms. The van der Waals surface area contributed by atoms with Crippen LogP contribution in [0.15, 0.2) is 24.3 Å². The van der Waals surface area contributed by atoms with Crippen LogP contribution in [0.3, 0.4) is 0 Å². The van der Waals surface area contributed by atoms with E-state index in [0.717, 1.165) is 12.2 Å². The minimum absolute atomic E-state index is 0.0842. The van der Waals surface area contributed by atoms with Gasteiger partial charge in [-0.3, -0.25) is 4.79 Å². The third kappa shape index (κ3) is 5.41. The van der Waals surface area contributed by atoms with Crippen LogP contribution in [0, 0.1) is 0 Å². The van der Waals surface area contributed by atoms with Gasteiger partial charge in [-0.2, -0.15) is 0 Å². The molecule has 0 aliphatic heterocycles. The Kier molecular flexibility index (Phi) is 6.43. The van der Waals surface area contributed by atoms with E-state index in [9.17, 15) is 9.59 Å². The van der Waals surface area contributed by atoms with Crippen molar-refractivity contribution in [2.24, 2.45) is 0 Å². The number of ether oxygens (including phenoxy) is 2. The van der Waals surface area contributed by atoms with E-state index < -0.39 is 11.8 Å². The van der Waals surface area contributed by atoms with Gasteiger partial charge in [0.05, 0.1) is 17.2 Å². The molecule has 0 heterocycles. The largest absolute Gasteiger partial charge is 0.487 e. The lowest BCUT2D eigenvalue weighted by molar-refractivity contribution is -0.131. The van der Waals surface area contributed by atoms with Crippen molar-refractivity contribution in [2.45, 2.75) is 39.9 Å². The average Bonchev–Trinajstić information content (AvgIpc) is 2.37. The van der Waals surface area contributed by atoms with Crippen molar-refractivity contribution in [3.63, 3.8) is 0 Å². The summed E-state index contributed by atoms with van der Waals surface area (Å²) in [7, 11) is 0. The second-order valence-electron chi connectivity index (χ2n) is 5.15. The first-order valence-electron chi connectivity index (χ1n) is 6.83. The van der Waals surface area contributed by atoms with E-state index in [1.54, 1.807) is 0 Å². The number of carbonyl (C=O) groups is 2. The number of benzene rings is 1.